The minimum Gasteiger partial charge on any atom is -0.497 e. The quantitative estimate of drug-likeness (QED) is 0.552. The maximum atomic E-state index is 12.2. The molecule has 0 atom stereocenters. The smallest absolute Gasteiger partial charge is 0.342 e. The Bertz CT molecular complexity index is 730. The Balaban J connectivity index is 1.75. The predicted molar refractivity (Wildman–Crippen MR) is 97.6 cm³/mol. The molecular formula is C20H23NO5. The van der Waals surface area contributed by atoms with Crippen LogP contribution >= 0.6 is 0 Å². The van der Waals surface area contributed by atoms with Crippen LogP contribution in [0.5, 0.6) is 11.5 Å². The standard InChI is InChI=1S/C20H23NO5/c1-24-16-10-11-18(25-2)17(13-16)20(23)26-14-19(22)21-12-6-9-15-7-4-3-5-8-15/h3-5,7-8,10-11,13H,6,9,12,14H2,1-2H3,(H,21,22). The highest BCUT2D eigenvalue weighted by Crippen LogP contribution is 2.24. The molecule has 26 heavy (non-hydrogen) atoms. The third-order valence-corrected chi connectivity index (χ3v) is 3.77. The molecule has 1 N–H and O–H groups in total. The fourth-order valence-corrected chi connectivity index (χ4v) is 2.40. The number of ether oxygens (including phenoxy) is 3. The molecule has 2 aromatic carbocycles. The van der Waals surface area contributed by atoms with Gasteiger partial charge in [0.15, 0.2) is 6.61 Å². The molecule has 0 fully saturated rings. The molecule has 0 saturated heterocycles. The second-order valence-corrected chi connectivity index (χ2v) is 5.58. The van der Waals surface area contributed by atoms with Gasteiger partial charge in [-0.05, 0) is 36.6 Å². The minimum absolute atomic E-state index is 0.212. The van der Waals surface area contributed by atoms with Gasteiger partial charge in [0, 0.05) is 6.54 Å². The van der Waals surface area contributed by atoms with Crippen LogP contribution in [0.3, 0.4) is 0 Å². The number of benzene rings is 2. The number of hydrogen-bond acceptors (Lipinski definition) is 5. The first-order valence-corrected chi connectivity index (χ1v) is 8.34. The molecule has 0 aliphatic heterocycles. The van der Waals surface area contributed by atoms with Crippen LogP contribution in [0.1, 0.15) is 22.3 Å². The minimum atomic E-state index is -0.639. The van der Waals surface area contributed by atoms with Crippen LogP contribution in [0.4, 0.5) is 0 Å². The molecule has 0 radical (unpaired) electrons. The third-order valence-electron chi connectivity index (χ3n) is 3.77. The molecule has 6 heteroatoms. The van der Waals surface area contributed by atoms with E-state index in [1.165, 1.54) is 25.8 Å². The van der Waals surface area contributed by atoms with Gasteiger partial charge < -0.3 is 19.5 Å². The summed E-state index contributed by atoms with van der Waals surface area (Å²) in [4.78, 5) is 24.0. The van der Waals surface area contributed by atoms with E-state index in [1.54, 1.807) is 12.1 Å². The first-order chi connectivity index (χ1) is 12.6. The average molecular weight is 357 g/mol. The SMILES string of the molecule is COc1ccc(OC)c(C(=O)OCC(=O)NCCCc2ccccc2)c1. The monoisotopic (exact) mass is 357 g/mol. The van der Waals surface area contributed by atoms with Crippen LogP contribution < -0.4 is 14.8 Å². The lowest BCUT2D eigenvalue weighted by molar-refractivity contribution is -0.124. The van der Waals surface area contributed by atoms with Gasteiger partial charge in [-0.15, -0.1) is 0 Å². The van der Waals surface area contributed by atoms with Crippen molar-refractivity contribution in [2.45, 2.75) is 12.8 Å². The second-order valence-electron chi connectivity index (χ2n) is 5.58. The van der Waals surface area contributed by atoms with E-state index < -0.39 is 5.97 Å². The van der Waals surface area contributed by atoms with Crippen molar-refractivity contribution in [3.63, 3.8) is 0 Å². The van der Waals surface area contributed by atoms with Gasteiger partial charge in [-0.3, -0.25) is 4.79 Å². The van der Waals surface area contributed by atoms with Crippen LogP contribution in [0.25, 0.3) is 0 Å². The fourth-order valence-electron chi connectivity index (χ4n) is 2.40. The summed E-state index contributed by atoms with van der Waals surface area (Å²) < 4.78 is 15.3. The van der Waals surface area contributed by atoms with Gasteiger partial charge in [0.1, 0.15) is 17.1 Å². The maximum absolute atomic E-state index is 12.2. The summed E-state index contributed by atoms with van der Waals surface area (Å²) in [5.74, 6) is -0.115. The van der Waals surface area contributed by atoms with E-state index in [2.05, 4.69) is 5.32 Å². The summed E-state index contributed by atoms with van der Waals surface area (Å²) in [6.45, 7) is 0.179. The number of carbonyl (C=O) groups is 2. The molecule has 0 aliphatic carbocycles. The molecule has 138 valence electrons. The maximum Gasteiger partial charge on any atom is 0.342 e. The molecule has 0 aromatic heterocycles. The lowest BCUT2D eigenvalue weighted by atomic mass is 10.1. The molecule has 0 aliphatic rings. The number of esters is 1. The number of nitrogens with one attached hydrogen (secondary N) is 1. The third kappa shape index (κ3) is 5.81. The summed E-state index contributed by atoms with van der Waals surface area (Å²) in [6.07, 6.45) is 1.69. The molecule has 0 bridgehead atoms. The van der Waals surface area contributed by atoms with Gasteiger partial charge in [0.05, 0.1) is 14.2 Å². The summed E-state index contributed by atoms with van der Waals surface area (Å²) >= 11 is 0. The Morgan fingerprint density at radius 2 is 1.77 bits per heavy atom. The number of rotatable bonds is 9. The van der Waals surface area contributed by atoms with E-state index in [-0.39, 0.29) is 18.1 Å². The average Bonchev–Trinajstić information content (AvgIpc) is 2.69. The number of hydrogen-bond donors (Lipinski definition) is 1. The van der Waals surface area contributed by atoms with Crippen molar-refractivity contribution in [2.75, 3.05) is 27.4 Å². The zero-order valence-corrected chi connectivity index (χ0v) is 15.0. The number of methoxy groups -OCH3 is 2. The number of amides is 1. The topological polar surface area (TPSA) is 73.9 Å². The Morgan fingerprint density at radius 1 is 1.00 bits per heavy atom. The van der Waals surface area contributed by atoms with Crippen molar-refractivity contribution in [1.82, 2.24) is 5.32 Å². The van der Waals surface area contributed by atoms with Crippen molar-refractivity contribution in [3.8, 4) is 11.5 Å². The molecule has 2 rings (SSSR count). The Kier molecular flexibility index (Phi) is 7.49. The zero-order chi connectivity index (χ0) is 18.8. The van der Waals surface area contributed by atoms with Crippen molar-refractivity contribution in [1.29, 1.82) is 0 Å². The molecule has 1 amide bonds. The lowest BCUT2D eigenvalue weighted by Gasteiger charge is -2.10. The van der Waals surface area contributed by atoms with Gasteiger partial charge in [-0.2, -0.15) is 0 Å². The predicted octanol–water partition coefficient (Wildman–Crippen LogP) is 2.61. The van der Waals surface area contributed by atoms with Gasteiger partial charge in [-0.1, -0.05) is 30.3 Å². The normalized spacial score (nSPS) is 10.1. The molecular weight excluding hydrogens is 334 g/mol. The van der Waals surface area contributed by atoms with E-state index in [4.69, 9.17) is 14.2 Å². The van der Waals surface area contributed by atoms with Crippen LogP contribution in [0.2, 0.25) is 0 Å². The molecule has 0 unspecified atom stereocenters. The van der Waals surface area contributed by atoms with Gasteiger partial charge >= 0.3 is 5.97 Å². The molecule has 0 heterocycles. The van der Waals surface area contributed by atoms with E-state index in [0.29, 0.717) is 18.0 Å². The number of aryl methyl sites for hydroxylation is 1. The van der Waals surface area contributed by atoms with Crippen LogP contribution in [0.15, 0.2) is 48.5 Å². The highest BCUT2D eigenvalue weighted by molar-refractivity contribution is 5.94. The summed E-state index contributed by atoms with van der Waals surface area (Å²) in [6, 6.07) is 14.8. The number of carbonyl (C=O) groups excluding carboxylic acids is 2. The van der Waals surface area contributed by atoms with Crippen molar-refractivity contribution in [3.05, 3.63) is 59.7 Å². The summed E-state index contributed by atoms with van der Waals surface area (Å²) in [7, 11) is 2.96. The molecule has 2 aromatic rings. The zero-order valence-electron chi connectivity index (χ0n) is 15.0. The van der Waals surface area contributed by atoms with Crippen LogP contribution in [0, 0.1) is 0 Å². The van der Waals surface area contributed by atoms with Crippen LogP contribution in [-0.4, -0.2) is 39.2 Å². The first kappa shape index (κ1) is 19.3. The lowest BCUT2D eigenvalue weighted by Crippen LogP contribution is -2.29. The molecule has 6 nitrogen and oxygen atoms in total. The van der Waals surface area contributed by atoms with Gasteiger partial charge in [-0.25, -0.2) is 4.79 Å². The van der Waals surface area contributed by atoms with E-state index >= 15 is 0 Å². The largest absolute Gasteiger partial charge is 0.497 e. The first-order valence-electron chi connectivity index (χ1n) is 8.34. The highest BCUT2D eigenvalue weighted by atomic mass is 16.5. The van der Waals surface area contributed by atoms with Crippen molar-refractivity contribution >= 4 is 11.9 Å². The van der Waals surface area contributed by atoms with Gasteiger partial charge in [0.2, 0.25) is 0 Å². The summed E-state index contributed by atoms with van der Waals surface area (Å²) in [5, 5.41) is 2.74. The van der Waals surface area contributed by atoms with Crippen molar-refractivity contribution in [2.24, 2.45) is 0 Å². The Morgan fingerprint density at radius 3 is 2.46 bits per heavy atom. The van der Waals surface area contributed by atoms with E-state index in [1.807, 2.05) is 30.3 Å². The van der Waals surface area contributed by atoms with Crippen molar-refractivity contribution < 1.29 is 23.8 Å². The summed E-state index contributed by atoms with van der Waals surface area (Å²) in [5.41, 5.74) is 1.43. The molecule has 0 spiro atoms. The van der Waals surface area contributed by atoms with E-state index in [0.717, 1.165) is 12.8 Å². The Labute approximate surface area is 153 Å². The fraction of sp³-hybridized carbons (Fsp3) is 0.300. The highest BCUT2D eigenvalue weighted by Gasteiger charge is 2.16. The van der Waals surface area contributed by atoms with Crippen LogP contribution in [-0.2, 0) is 16.0 Å². The Hall–Kier alpha value is -3.02. The van der Waals surface area contributed by atoms with Gasteiger partial charge in [0.25, 0.3) is 5.91 Å². The van der Waals surface area contributed by atoms with E-state index in [9.17, 15) is 9.59 Å². The molecule has 0 saturated carbocycles. The second kappa shape index (κ2) is 10.1.